The fraction of sp³-hybridized carbons (Fsp3) is 0.933. The Morgan fingerprint density at radius 1 is 1.16 bits per heavy atom. The summed E-state index contributed by atoms with van der Waals surface area (Å²) in [7, 11) is 0. The SMILES string of the molecule is CC1CCCCN1C(=O)CN1CCC2CNCC2C1. The first-order chi connectivity index (χ1) is 9.24. The van der Waals surface area contributed by atoms with E-state index in [1.54, 1.807) is 0 Å². The summed E-state index contributed by atoms with van der Waals surface area (Å²) in [6, 6.07) is 0.451. The molecule has 19 heavy (non-hydrogen) atoms. The Morgan fingerprint density at radius 2 is 2.00 bits per heavy atom. The number of nitrogens with one attached hydrogen (secondary N) is 1. The lowest BCUT2D eigenvalue weighted by atomic mass is 9.89. The summed E-state index contributed by atoms with van der Waals surface area (Å²) in [6.07, 6.45) is 4.91. The predicted molar refractivity (Wildman–Crippen MR) is 75.9 cm³/mol. The quantitative estimate of drug-likeness (QED) is 0.807. The van der Waals surface area contributed by atoms with Gasteiger partial charge in [-0.05, 0) is 64.1 Å². The standard InChI is InChI=1S/C15H27N3O/c1-12-4-2-3-6-18(12)15(19)11-17-7-5-13-8-16-9-14(13)10-17/h12-14,16H,2-11H2,1H3. The van der Waals surface area contributed by atoms with Gasteiger partial charge in [-0.2, -0.15) is 0 Å². The Labute approximate surface area is 116 Å². The zero-order valence-corrected chi connectivity index (χ0v) is 12.1. The molecule has 3 unspecified atom stereocenters. The van der Waals surface area contributed by atoms with Gasteiger partial charge in [0.2, 0.25) is 5.91 Å². The van der Waals surface area contributed by atoms with Gasteiger partial charge >= 0.3 is 0 Å². The lowest BCUT2D eigenvalue weighted by molar-refractivity contribution is -0.136. The van der Waals surface area contributed by atoms with Crippen molar-refractivity contribution in [2.45, 2.75) is 38.6 Å². The van der Waals surface area contributed by atoms with Gasteiger partial charge in [-0.25, -0.2) is 0 Å². The van der Waals surface area contributed by atoms with Gasteiger partial charge in [0.05, 0.1) is 6.54 Å². The smallest absolute Gasteiger partial charge is 0.236 e. The van der Waals surface area contributed by atoms with Crippen molar-refractivity contribution in [3.8, 4) is 0 Å². The summed E-state index contributed by atoms with van der Waals surface area (Å²) in [5.41, 5.74) is 0. The monoisotopic (exact) mass is 265 g/mol. The molecule has 3 fully saturated rings. The molecular weight excluding hydrogens is 238 g/mol. The Morgan fingerprint density at radius 3 is 2.84 bits per heavy atom. The number of nitrogens with zero attached hydrogens (tertiary/aromatic N) is 2. The number of carbonyl (C=O) groups excluding carboxylic acids is 1. The van der Waals surface area contributed by atoms with E-state index < -0.39 is 0 Å². The van der Waals surface area contributed by atoms with Crippen molar-refractivity contribution in [2.24, 2.45) is 11.8 Å². The van der Waals surface area contributed by atoms with Crippen molar-refractivity contribution in [3.05, 3.63) is 0 Å². The molecule has 1 amide bonds. The van der Waals surface area contributed by atoms with Crippen molar-refractivity contribution in [3.63, 3.8) is 0 Å². The van der Waals surface area contributed by atoms with Crippen LogP contribution in [0.15, 0.2) is 0 Å². The van der Waals surface area contributed by atoms with E-state index in [1.807, 2.05) is 0 Å². The molecule has 0 aromatic carbocycles. The second-order valence-corrected chi connectivity index (χ2v) is 6.63. The van der Waals surface area contributed by atoms with Gasteiger partial charge in [0.15, 0.2) is 0 Å². The molecule has 3 aliphatic heterocycles. The highest BCUT2D eigenvalue weighted by Gasteiger charge is 2.34. The molecule has 1 N–H and O–H groups in total. The zero-order chi connectivity index (χ0) is 13.2. The van der Waals surface area contributed by atoms with E-state index in [0.717, 1.165) is 38.0 Å². The molecule has 3 aliphatic rings. The van der Waals surface area contributed by atoms with Crippen LogP contribution >= 0.6 is 0 Å². The number of likely N-dealkylation sites (tertiary alicyclic amines) is 2. The second kappa shape index (κ2) is 5.80. The van der Waals surface area contributed by atoms with Gasteiger partial charge < -0.3 is 10.2 Å². The molecule has 0 spiro atoms. The number of hydrogen-bond acceptors (Lipinski definition) is 3. The fourth-order valence-corrected chi connectivity index (χ4v) is 4.00. The maximum Gasteiger partial charge on any atom is 0.236 e. The highest BCUT2D eigenvalue weighted by Crippen LogP contribution is 2.26. The molecule has 108 valence electrons. The van der Waals surface area contributed by atoms with Gasteiger partial charge in [-0.1, -0.05) is 0 Å². The Bertz CT molecular complexity index is 333. The van der Waals surface area contributed by atoms with Crippen LogP contribution in [0.3, 0.4) is 0 Å². The van der Waals surface area contributed by atoms with E-state index >= 15 is 0 Å². The first-order valence-electron chi connectivity index (χ1n) is 7.96. The number of fused-ring (bicyclic) bond motifs is 1. The largest absolute Gasteiger partial charge is 0.339 e. The minimum absolute atomic E-state index is 0.358. The molecule has 0 aromatic rings. The minimum Gasteiger partial charge on any atom is -0.339 e. The van der Waals surface area contributed by atoms with Gasteiger partial charge in [0, 0.05) is 19.1 Å². The number of amides is 1. The lowest BCUT2D eigenvalue weighted by Gasteiger charge is -2.38. The van der Waals surface area contributed by atoms with Crippen LogP contribution in [0.2, 0.25) is 0 Å². The molecule has 0 aliphatic carbocycles. The van der Waals surface area contributed by atoms with Crippen molar-refractivity contribution in [1.29, 1.82) is 0 Å². The molecule has 3 atom stereocenters. The first kappa shape index (κ1) is 13.4. The summed E-state index contributed by atoms with van der Waals surface area (Å²) in [4.78, 5) is 16.9. The second-order valence-electron chi connectivity index (χ2n) is 6.63. The molecule has 3 rings (SSSR count). The average molecular weight is 265 g/mol. The number of piperidine rings is 2. The average Bonchev–Trinajstić information content (AvgIpc) is 2.86. The molecular formula is C15H27N3O. The predicted octanol–water partition coefficient (Wildman–Crippen LogP) is 0.929. The van der Waals surface area contributed by atoms with Crippen molar-refractivity contribution >= 4 is 5.91 Å². The minimum atomic E-state index is 0.358. The highest BCUT2D eigenvalue weighted by molar-refractivity contribution is 5.78. The van der Waals surface area contributed by atoms with Crippen LogP contribution < -0.4 is 5.32 Å². The van der Waals surface area contributed by atoms with Crippen LogP contribution in [-0.4, -0.2) is 61.0 Å². The molecule has 3 saturated heterocycles. The summed E-state index contributed by atoms with van der Waals surface area (Å²) in [6.45, 7) is 8.38. The van der Waals surface area contributed by atoms with Crippen LogP contribution in [0, 0.1) is 11.8 Å². The van der Waals surface area contributed by atoms with Gasteiger partial charge in [-0.3, -0.25) is 9.69 Å². The van der Waals surface area contributed by atoms with Gasteiger partial charge in [0.25, 0.3) is 0 Å². The Balaban J connectivity index is 1.51. The van der Waals surface area contributed by atoms with Crippen LogP contribution in [0.5, 0.6) is 0 Å². The number of carbonyl (C=O) groups is 1. The Hall–Kier alpha value is -0.610. The van der Waals surface area contributed by atoms with Crippen LogP contribution in [0.25, 0.3) is 0 Å². The molecule has 3 heterocycles. The Kier molecular flexibility index (Phi) is 4.08. The first-order valence-corrected chi connectivity index (χ1v) is 7.96. The van der Waals surface area contributed by atoms with Gasteiger partial charge in [-0.15, -0.1) is 0 Å². The van der Waals surface area contributed by atoms with E-state index in [1.165, 1.54) is 32.2 Å². The van der Waals surface area contributed by atoms with E-state index in [9.17, 15) is 4.79 Å². The molecule has 4 nitrogen and oxygen atoms in total. The molecule has 0 bridgehead atoms. The maximum atomic E-state index is 12.4. The van der Waals surface area contributed by atoms with Crippen LogP contribution in [0.4, 0.5) is 0 Å². The third kappa shape index (κ3) is 2.95. The number of hydrogen-bond donors (Lipinski definition) is 1. The van der Waals surface area contributed by atoms with E-state index in [4.69, 9.17) is 0 Å². The summed E-state index contributed by atoms with van der Waals surface area (Å²) in [5.74, 6) is 2.00. The topological polar surface area (TPSA) is 35.6 Å². The van der Waals surface area contributed by atoms with E-state index in [2.05, 4.69) is 22.0 Å². The van der Waals surface area contributed by atoms with Gasteiger partial charge in [0.1, 0.15) is 0 Å². The summed E-state index contributed by atoms with van der Waals surface area (Å²) in [5, 5.41) is 3.49. The van der Waals surface area contributed by atoms with Crippen molar-refractivity contribution in [2.75, 3.05) is 39.3 Å². The third-order valence-corrected chi connectivity index (χ3v) is 5.27. The fourth-order valence-electron chi connectivity index (χ4n) is 4.00. The third-order valence-electron chi connectivity index (χ3n) is 5.27. The van der Waals surface area contributed by atoms with E-state index in [-0.39, 0.29) is 0 Å². The van der Waals surface area contributed by atoms with E-state index in [0.29, 0.717) is 18.5 Å². The van der Waals surface area contributed by atoms with Crippen LogP contribution in [0.1, 0.15) is 32.6 Å². The summed E-state index contributed by atoms with van der Waals surface area (Å²) < 4.78 is 0. The lowest BCUT2D eigenvalue weighted by Crippen LogP contribution is -2.49. The molecule has 0 aromatic heterocycles. The zero-order valence-electron chi connectivity index (χ0n) is 12.1. The molecule has 4 heteroatoms. The normalized spacial score (nSPS) is 36.3. The highest BCUT2D eigenvalue weighted by atomic mass is 16.2. The molecule has 0 saturated carbocycles. The number of rotatable bonds is 2. The maximum absolute atomic E-state index is 12.4. The summed E-state index contributed by atoms with van der Waals surface area (Å²) >= 11 is 0. The van der Waals surface area contributed by atoms with Crippen molar-refractivity contribution in [1.82, 2.24) is 15.1 Å². The van der Waals surface area contributed by atoms with Crippen LogP contribution in [-0.2, 0) is 4.79 Å². The molecule has 0 radical (unpaired) electrons. The van der Waals surface area contributed by atoms with Crippen molar-refractivity contribution < 1.29 is 4.79 Å².